The molecule has 1 aliphatic rings. The van der Waals surface area contributed by atoms with Gasteiger partial charge in [0.25, 0.3) is 0 Å². The number of aliphatic hydroxyl groups is 1. The van der Waals surface area contributed by atoms with Crippen molar-refractivity contribution in [1.82, 2.24) is 4.31 Å². The number of nitrogens with one attached hydrogen (secondary N) is 1. The molecule has 2 aromatic rings. The van der Waals surface area contributed by atoms with Gasteiger partial charge < -0.3 is 10.4 Å². The second-order valence-corrected chi connectivity index (χ2v) is 9.38. The lowest BCUT2D eigenvalue weighted by Crippen LogP contribution is -2.53. The number of anilines is 1. The SMILES string of the molecule is CN([C@@H]1CCC[C@@H](Nc2ccccc2Cc2ccccc2)[C@@H]1O)S(C)(=O)=O. The van der Waals surface area contributed by atoms with Gasteiger partial charge >= 0.3 is 0 Å². The van der Waals surface area contributed by atoms with Crippen LogP contribution in [-0.4, -0.2) is 49.3 Å². The maximum Gasteiger partial charge on any atom is 0.211 e. The third kappa shape index (κ3) is 4.89. The predicted molar refractivity (Wildman–Crippen MR) is 109 cm³/mol. The van der Waals surface area contributed by atoms with Crippen LogP contribution in [-0.2, 0) is 16.4 Å². The van der Waals surface area contributed by atoms with E-state index in [1.54, 1.807) is 7.05 Å². The standard InChI is InChI=1S/C21H28N2O3S/c1-23(27(2,25)26)20-14-8-13-19(21(20)24)22-18-12-7-6-11-17(18)15-16-9-4-3-5-10-16/h3-7,9-12,19-22,24H,8,13-15H2,1-2H3/t19-,20-,21+/m1/s1. The Bertz CT molecular complexity index is 855. The van der Waals surface area contributed by atoms with Crippen LogP contribution in [0.3, 0.4) is 0 Å². The summed E-state index contributed by atoms with van der Waals surface area (Å²) in [5, 5.41) is 14.3. The van der Waals surface area contributed by atoms with Crippen LogP contribution >= 0.6 is 0 Å². The van der Waals surface area contributed by atoms with E-state index in [-0.39, 0.29) is 6.04 Å². The number of rotatable bonds is 6. The number of sulfonamides is 1. The number of likely N-dealkylation sites (N-methyl/N-ethyl adjacent to an activating group) is 1. The number of hydrogen-bond acceptors (Lipinski definition) is 4. The molecule has 3 atom stereocenters. The van der Waals surface area contributed by atoms with Gasteiger partial charge in [0.2, 0.25) is 10.0 Å². The highest BCUT2D eigenvalue weighted by molar-refractivity contribution is 7.88. The first-order chi connectivity index (χ1) is 12.9. The molecule has 1 fully saturated rings. The summed E-state index contributed by atoms with van der Waals surface area (Å²) in [5.41, 5.74) is 3.38. The minimum atomic E-state index is -3.33. The molecule has 1 aliphatic carbocycles. The molecular weight excluding hydrogens is 360 g/mol. The largest absolute Gasteiger partial charge is 0.389 e. The highest BCUT2D eigenvalue weighted by atomic mass is 32.2. The van der Waals surface area contributed by atoms with E-state index in [0.717, 1.165) is 30.5 Å². The van der Waals surface area contributed by atoms with E-state index in [0.29, 0.717) is 6.42 Å². The first-order valence-corrected chi connectivity index (χ1v) is 11.2. The van der Waals surface area contributed by atoms with Gasteiger partial charge in [0.1, 0.15) is 0 Å². The Kier molecular flexibility index (Phi) is 6.19. The molecule has 146 valence electrons. The van der Waals surface area contributed by atoms with Crippen molar-refractivity contribution < 1.29 is 13.5 Å². The average Bonchev–Trinajstić information content (AvgIpc) is 2.64. The summed E-state index contributed by atoms with van der Waals surface area (Å²) >= 11 is 0. The normalized spacial score (nSPS) is 23.3. The number of nitrogens with zero attached hydrogens (tertiary/aromatic N) is 1. The second kappa shape index (κ2) is 8.42. The minimum Gasteiger partial charge on any atom is -0.389 e. The lowest BCUT2D eigenvalue weighted by molar-refractivity contribution is 0.0533. The van der Waals surface area contributed by atoms with Gasteiger partial charge in [0.15, 0.2) is 0 Å². The fourth-order valence-corrected chi connectivity index (χ4v) is 4.51. The Balaban J connectivity index is 1.77. The lowest BCUT2D eigenvalue weighted by atomic mass is 9.87. The van der Waals surface area contributed by atoms with Gasteiger partial charge in [-0.25, -0.2) is 8.42 Å². The molecule has 0 spiro atoms. The lowest BCUT2D eigenvalue weighted by Gasteiger charge is -2.39. The van der Waals surface area contributed by atoms with Crippen LogP contribution in [0, 0.1) is 0 Å². The molecule has 1 saturated carbocycles. The zero-order valence-electron chi connectivity index (χ0n) is 15.9. The van der Waals surface area contributed by atoms with Crippen LogP contribution in [0.2, 0.25) is 0 Å². The van der Waals surface area contributed by atoms with Crippen LogP contribution < -0.4 is 5.32 Å². The maximum atomic E-state index is 11.9. The maximum absolute atomic E-state index is 11.9. The van der Waals surface area contributed by atoms with Gasteiger partial charge in [0.05, 0.1) is 24.4 Å². The molecule has 0 amide bonds. The molecule has 27 heavy (non-hydrogen) atoms. The van der Waals surface area contributed by atoms with E-state index in [4.69, 9.17) is 0 Å². The summed E-state index contributed by atoms with van der Waals surface area (Å²) in [6.07, 6.45) is 3.61. The van der Waals surface area contributed by atoms with Crippen LogP contribution in [0.4, 0.5) is 5.69 Å². The van der Waals surface area contributed by atoms with Crippen molar-refractivity contribution in [2.45, 2.75) is 43.9 Å². The molecule has 0 aliphatic heterocycles. The first-order valence-electron chi connectivity index (χ1n) is 9.35. The van der Waals surface area contributed by atoms with Gasteiger partial charge in [-0.1, -0.05) is 48.5 Å². The van der Waals surface area contributed by atoms with Crippen molar-refractivity contribution in [1.29, 1.82) is 0 Å². The van der Waals surface area contributed by atoms with E-state index >= 15 is 0 Å². The molecule has 2 aromatic carbocycles. The Labute approximate surface area is 162 Å². The summed E-state index contributed by atoms with van der Waals surface area (Å²) in [6.45, 7) is 0. The molecule has 0 bridgehead atoms. The molecule has 0 radical (unpaired) electrons. The third-order valence-electron chi connectivity index (χ3n) is 5.41. The summed E-state index contributed by atoms with van der Waals surface area (Å²) < 4.78 is 25.1. The summed E-state index contributed by atoms with van der Waals surface area (Å²) in [7, 11) is -1.78. The highest BCUT2D eigenvalue weighted by Gasteiger charge is 2.37. The van der Waals surface area contributed by atoms with Gasteiger partial charge in [0, 0.05) is 12.7 Å². The van der Waals surface area contributed by atoms with Crippen molar-refractivity contribution in [2.24, 2.45) is 0 Å². The zero-order chi connectivity index (χ0) is 19.4. The topological polar surface area (TPSA) is 69.6 Å². The molecule has 3 rings (SSSR count). The zero-order valence-corrected chi connectivity index (χ0v) is 16.7. The Morgan fingerprint density at radius 1 is 1.07 bits per heavy atom. The van der Waals surface area contributed by atoms with E-state index in [1.165, 1.54) is 16.1 Å². The van der Waals surface area contributed by atoms with Crippen molar-refractivity contribution in [3.63, 3.8) is 0 Å². The molecule has 0 unspecified atom stereocenters. The number of hydrogen-bond donors (Lipinski definition) is 2. The summed E-state index contributed by atoms with van der Waals surface area (Å²) in [6, 6.07) is 17.8. The third-order valence-corrected chi connectivity index (χ3v) is 6.72. The van der Waals surface area contributed by atoms with Crippen molar-refractivity contribution in [2.75, 3.05) is 18.6 Å². The number of benzene rings is 2. The average molecular weight is 389 g/mol. The number of aliphatic hydroxyl groups excluding tert-OH is 1. The molecule has 0 saturated heterocycles. The van der Waals surface area contributed by atoms with E-state index in [9.17, 15) is 13.5 Å². The van der Waals surface area contributed by atoms with Crippen LogP contribution in [0.25, 0.3) is 0 Å². The highest BCUT2D eigenvalue weighted by Crippen LogP contribution is 2.28. The molecule has 6 heteroatoms. The molecular formula is C21H28N2O3S. The van der Waals surface area contributed by atoms with Crippen LogP contribution in [0.15, 0.2) is 54.6 Å². The van der Waals surface area contributed by atoms with Gasteiger partial charge in [-0.15, -0.1) is 0 Å². The monoisotopic (exact) mass is 388 g/mol. The Hall–Kier alpha value is -1.89. The quantitative estimate of drug-likeness (QED) is 0.798. The molecule has 0 heterocycles. The van der Waals surface area contributed by atoms with Crippen LogP contribution in [0.5, 0.6) is 0 Å². The Morgan fingerprint density at radius 3 is 2.44 bits per heavy atom. The smallest absolute Gasteiger partial charge is 0.211 e. The van der Waals surface area contributed by atoms with Gasteiger partial charge in [-0.3, -0.25) is 0 Å². The van der Waals surface area contributed by atoms with Crippen molar-refractivity contribution >= 4 is 15.7 Å². The number of para-hydroxylation sites is 1. The van der Waals surface area contributed by atoms with E-state index < -0.39 is 22.2 Å². The second-order valence-electron chi connectivity index (χ2n) is 7.34. The predicted octanol–water partition coefficient (Wildman–Crippen LogP) is 2.86. The van der Waals surface area contributed by atoms with E-state index in [1.807, 2.05) is 36.4 Å². The van der Waals surface area contributed by atoms with Crippen molar-refractivity contribution in [3.05, 3.63) is 65.7 Å². The van der Waals surface area contributed by atoms with Crippen LogP contribution in [0.1, 0.15) is 30.4 Å². The summed E-state index contributed by atoms with van der Waals surface area (Å²) in [4.78, 5) is 0. The molecule has 0 aromatic heterocycles. The fraction of sp³-hybridized carbons (Fsp3) is 0.429. The molecule has 2 N–H and O–H groups in total. The molecule has 5 nitrogen and oxygen atoms in total. The minimum absolute atomic E-state index is 0.176. The fourth-order valence-electron chi connectivity index (χ4n) is 3.79. The Morgan fingerprint density at radius 2 is 1.74 bits per heavy atom. The van der Waals surface area contributed by atoms with Gasteiger partial charge in [-0.05, 0) is 42.9 Å². The summed E-state index contributed by atoms with van der Waals surface area (Å²) in [5.74, 6) is 0. The van der Waals surface area contributed by atoms with E-state index in [2.05, 4.69) is 23.5 Å². The van der Waals surface area contributed by atoms with Crippen molar-refractivity contribution in [3.8, 4) is 0 Å². The first kappa shape index (κ1) is 19.9. The van der Waals surface area contributed by atoms with Gasteiger partial charge in [-0.2, -0.15) is 4.31 Å².